The number of likely N-dealkylation sites (tertiary alicyclic amines) is 1. The number of hydrogen-bond acceptors (Lipinski definition) is 6. The molecule has 2 atom stereocenters. The van der Waals surface area contributed by atoms with Crippen LogP contribution in [-0.4, -0.2) is 58.9 Å². The Bertz CT molecular complexity index is 1000. The minimum absolute atomic E-state index is 0.0951. The molecule has 10 nitrogen and oxygen atoms in total. The summed E-state index contributed by atoms with van der Waals surface area (Å²) in [6.07, 6.45) is 1.42. The molecule has 37 heavy (non-hydrogen) atoms. The molecule has 0 radical (unpaired) electrons. The number of hydrogen-bond donors (Lipinski definition) is 4. The van der Waals surface area contributed by atoms with Gasteiger partial charge in [-0.15, -0.1) is 0 Å². The number of carbonyl (C=O) groups is 4. The number of rotatable bonds is 9. The number of benzene rings is 1. The molecule has 0 bridgehead atoms. The van der Waals surface area contributed by atoms with E-state index in [2.05, 4.69) is 10.6 Å². The van der Waals surface area contributed by atoms with Gasteiger partial charge in [0.05, 0.1) is 11.6 Å². The molecule has 2 rings (SSSR count). The summed E-state index contributed by atoms with van der Waals surface area (Å²) < 4.78 is 0. The maximum absolute atomic E-state index is 13.5. The number of piperidine rings is 1. The van der Waals surface area contributed by atoms with Gasteiger partial charge >= 0.3 is 0 Å². The van der Waals surface area contributed by atoms with E-state index in [-0.39, 0.29) is 30.2 Å². The molecule has 1 heterocycles. The average molecular weight is 514 g/mol. The molecule has 10 heteroatoms. The van der Waals surface area contributed by atoms with E-state index >= 15 is 0 Å². The molecule has 1 aromatic rings. The van der Waals surface area contributed by atoms with Crippen LogP contribution in [0.3, 0.4) is 0 Å². The number of nitrogens with one attached hydrogen (secondary N) is 3. The second kappa shape index (κ2) is 13.2. The van der Waals surface area contributed by atoms with Gasteiger partial charge in [0, 0.05) is 37.0 Å². The van der Waals surface area contributed by atoms with E-state index in [0.29, 0.717) is 43.5 Å². The van der Waals surface area contributed by atoms with E-state index in [0.717, 1.165) is 0 Å². The number of amides is 4. The summed E-state index contributed by atoms with van der Waals surface area (Å²) in [5, 5.41) is 23.7. The fourth-order valence-corrected chi connectivity index (χ4v) is 4.42. The molecule has 1 aliphatic heterocycles. The third kappa shape index (κ3) is 8.86. The zero-order valence-corrected chi connectivity index (χ0v) is 22.3. The predicted octanol–water partition coefficient (Wildman–Crippen LogP) is 2.37. The first-order valence-electron chi connectivity index (χ1n) is 12.7. The molecule has 0 aliphatic carbocycles. The first-order valence-corrected chi connectivity index (χ1v) is 12.7. The van der Waals surface area contributed by atoms with E-state index < -0.39 is 29.2 Å². The number of nitrogens with zero attached hydrogens (tertiary/aromatic N) is 2. The van der Waals surface area contributed by atoms with Crippen LogP contribution in [0.15, 0.2) is 24.3 Å². The van der Waals surface area contributed by atoms with Crippen molar-refractivity contribution in [3.8, 4) is 6.07 Å². The fraction of sp³-hybridized carbons (Fsp3) is 0.593. The lowest BCUT2D eigenvalue weighted by Gasteiger charge is -2.39. The molecule has 1 saturated heterocycles. The molecule has 1 aromatic carbocycles. The Morgan fingerprint density at radius 2 is 1.70 bits per heavy atom. The first kappa shape index (κ1) is 29.8. The number of hydroxylamine groups is 1. The smallest absolute Gasteiger partial charge is 0.251 e. The summed E-state index contributed by atoms with van der Waals surface area (Å²) in [6, 6.07) is 7.55. The lowest BCUT2D eigenvalue weighted by molar-refractivity contribution is -0.142. The fourth-order valence-electron chi connectivity index (χ4n) is 4.42. The third-order valence-electron chi connectivity index (χ3n) is 6.50. The third-order valence-corrected chi connectivity index (χ3v) is 6.50. The molecule has 202 valence electrons. The topological polar surface area (TPSA) is 152 Å². The SMILES string of the molecule is CC(C)CC(CC(=O)NO)C(=O)N[C@H](C(=O)N1CCC(NC(=O)c2ccc(C#N)cc2)CC1)C(C)(C)C. The quantitative estimate of drug-likeness (QED) is 0.294. The Morgan fingerprint density at radius 3 is 2.19 bits per heavy atom. The molecule has 0 spiro atoms. The molecule has 0 saturated carbocycles. The van der Waals surface area contributed by atoms with Gasteiger partial charge in [-0.05, 0) is 54.9 Å². The average Bonchev–Trinajstić information content (AvgIpc) is 2.85. The second-order valence-corrected chi connectivity index (χ2v) is 11.1. The molecule has 0 aromatic heterocycles. The molecule has 4 amide bonds. The van der Waals surface area contributed by atoms with Crippen molar-refractivity contribution in [1.29, 1.82) is 5.26 Å². The number of carbonyl (C=O) groups excluding carboxylic acids is 4. The Morgan fingerprint density at radius 1 is 1.11 bits per heavy atom. The van der Waals surface area contributed by atoms with Crippen molar-refractivity contribution in [2.45, 2.75) is 72.4 Å². The van der Waals surface area contributed by atoms with E-state index in [1.807, 2.05) is 40.7 Å². The summed E-state index contributed by atoms with van der Waals surface area (Å²) in [5.74, 6) is -2.00. The Hall–Kier alpha value is -3.45. The molecule has 1 unspecified atom stereocenters. The van der Waals surface area contributed by atoms with Crippen molar-refractivity contribution in [3.05, 3.63) is 35.4 Å². The van der Waals surface area contributed by atoms with Crippen LogP contribution in [0.4, 0.5) is 0 Å². The highest BCUT2D eigenvalue weighted by molar-refractivity contribution is 5.94. The summed E-state index contributed by atoms with van der Waals surface area (Å²) in [5.41, 5.74) is 1.96. The van der Waals surface area contributed by atoms with Crippen LogP contribution >= 0.6 is 0 Å². The van der Waals surface area contributed by atoms with Gasteiger partial charge in [-0.2, -0.15) is 5.26 Å². The van der Waals surface area contributed by atoms with Crippen molar-refractivity contribution in [2.24, 2.45) is 17.3 Å². The van der Waals surface area contributed by atoms with E-state index in [9.17, 15) is 19.2 Å². The van der Waals surface area contributed by atoms with Crippen molar-refractivity contribution in [1.82, 2.24) is 21.0 Å². The first-order chi connectivity index (χ1) is 17.3. The van der Waals surface area contributed by atoms with Crippen LogP contribution in [0.5, 0.6) is 0 Å². The van der Waals surface area contributed by atoms with Crippen molar-refractivity contribution < 1.29 is 24.4 Å². The zero-order chi connectivity index (χ0) is 27.8. The van der Waals surface area contributed by atoms with Crippen LogP contribution in [0.2, 0.25) is 0 Å². The van der Waals surface area contributed by atoms with Crippen LogP contribution in [0, 0.1) is 28.6 Å². The normalized spacial score (nSPS) is 15.9. The molecule has 1 aliphatic rings. The van der Waals surface area contributed by atoms with Crippen molar-refractivity contribution in [2.75, 3.05) is 13.1 Å². The van der Waals surface area contributed by atoms with E-state index in [1.165, 1.54) is 0 Å². The minimum Gasteiger partial charge on any atom is -0.349 e. The van der Waals surface area contributed by atoms with Gasteiger partial charge in [-0.3, -0.25) is 24.4 Å². The monoisotopic (exact) mass is 513 g/mol. The highest BCUT2D eigenvalue weighted by atomic mass is 16.5. The zero-order valence-electron chi connectivity index (χ0n) is 22.3. The molecule has 1 fully saturated rings. The second-order valence-electron chi connectivity index (χ2n) is 11.1. The Balaban J connectivity index is 2.01. The van der Waals surface area contributed by atoms with Gasteiger partial charge in [0.25, 0.3) is 5.91 Å². The molecular formula is C27H39N5O5. The highest BCUT2D eigenvalue weighted by Crippen LogP contribution is 2.25. The van der Waals surface area contributed by atoms with E-state index in [4.69, 9.17) is 10.5 Å². The van der Waals surface area contributed by atoms with Crippen molar-refractivity contribution in [3.63, 3.8) is 0 Å². The lowest BCUT2D eigenvalue weighted by Crippen LogP contribution is -2.58. The van der Waals surface area contributed by atoms with Crippen LogP contribution in [0.25, 0.3) is 0 Å². The summed E-state index contributed by atoms with van der Waals surface area (Å²) in [4.78, 5) is 52.6. The summed E-state index contributed by atoms with van der Waals surface area (Å²) in [7, 11) is 0. The van der Waals surface area contributed by atoms with Gasteiger partial charge in [0.2, 0.25) is 17.7 Å². The highest BCUT2D eigenvalue weighted by Gasteiger charge is 2.38. The van der Waals surface area contributed by atoms with Gasteiger partial charge in [-0.1, -0.05) is 34.6 Å². The van der Waals surface area contributed by atoms with Crippen molar-refractivity contribution >= 4 is 23.6 Å². The Kier molecular flexibility index (Phi) is 10.6. The molecule has 4 N–H and O–H groups in total. The maximum atomic E-state index is 13.5. The van der Waals surface area contributed by atoms with Gasteiger partial charge in [0.1, 0.15) is 6.04 Å². The lowest BCUT2D eigenvalue weighted by atomic mass is 9.84. The summed E-state index contributed by atoms with van der Waals surface area (Å²) in [6.45, 7) is 10.4. The van der Waals surface area contributed by atoms with Crippen LogP contribution < -0.4 is 16.1 Å². The van der Waals surface area contributed by atoms with Gasteiger partial charge in [0.15, 0.2) is 0 Å². The number of nitriles is 1. The minimum atomic E-state index is -0.795. The Labute approximate surface area is 218 Å². The van der Waals surface area contributed by atoms with Crippen LogP contribution in [-0.2, 0) is 14.4 Å². The largest absolute Gasteiger partial charge is 0.349 e. The van der Waals surface area contributed by atoms with E-state index in [1.54, 1.807) is 34.6 Å². The van der Waals surface area contributed by atoms with Crippen LogP contribution in [0.1, 0.15) is 76.2 Å². The van der Waals surface area contributed by atoms with Gasteiger partial charge < -0.3 is 15.5 Å². The standard InChI is InChI=1S/C27H39N5O5/c1-17(2)14-20(15-22(33)31-37)25(35)30-23(27(3,4)5)26(36)32-12-10-21(11-13-32)29-24(34)19-8-6-18(16-28)7-9-19/h6-9,17,20-21,23,37H,10-15H2,1-5H3,(H,29,34)(H,30,35)(H,31,33)/t20?,23-/m1/s1. The summed E-state index contributed by atoms with van der Waals surface area (Å²) >= 11 is 0. The maximum Gasteiger partial charge on any atom is 0.251 e. The predicted molar refractivity (Wildman–Crippen MR) is 137 cm³/mol. The van der Waals surface area contributed by atoms with Gasteiger partial charge in [-0.25, -0.2) is 5.48 Å². The molecular weight excluding hydrogens is 474 g/mol.